The topological polar surface area (TPSA) is 160 Å². The van der Waals surface area contributed by atoms with Crippen molar-refractivity contribution in [2.24, 2.45) is 0 Å². The van der Waals surface area contributed by atoms with Gasteiger partial charge in [-0.1, -0.05) is 12.1 Å². The highest BCUT2D eigenvalue weighted by Gasteiger charge is 2.14. The predicted molar refractivity (Wildman–Crippen MR) is 109 cm³/mol. The van der Waals surface area contributed by atoms with Gasteiger partial charge in [0.05, 0.1) is 5.39 Å². The number of fused-ring (bicyclic) bond motifs is 1. The van der Waals surface area contributed by atoms with E-state index in [0.717, 1.165) is 11.1 Å². The summed E-state index contributed by atoms with van der Waals surface area (Å²) in [4.78, 5) is 54.9. The second-order valence-corrected chi connectivity index (χ2v) is 6.62. The van der Waals surface area contributed by atoms with E-state index < -0.39 is 12.1 Å². The molecule has 156 valence electrons. The summed E-state index contributed by atoms with van der Waals surface area (Å²) < 4.78 is 4.78. The van der Waals surface area contributed by atoms with E-state index in [4.69, 9.17) is 10.5 Å². The van der Waals surface area contributed by atoms with Crippen molar-refractivity contribution in [3.8, 4) is 0 Å². The third kappa shape index (κ3) is 4.90. The van der Waals surface area contributed by atoms with Gasteiger partial charge in [0.1, 0.15) is 11.9 Å². The van der Waals surface area contributed by atoms with Crippen molar-refractivity contribution < 1.29 is 19.1 Å². The summed E-state index contributed by atoms with van der Waals surface area (Å²) in [5, 5.41) is 3.05. The molecule has 0 aliphatic heterocycles. The number of carbonyl (C=O) groups is 3. The number of nitrogens with two attached hydrogens (primary N) is 1. The lowest BCUT2D eigenvalue weighted by atomic mass is 10.0. The Morgan fingerprint density at radius 3 is 2.70 bits per heavy atom. The Morgan fingerprint density at radius 2 is 2.00 bits per heavy atom. The van der Waals surface area contributed by atoms with Gasteiger partial charge in [-0.15, -0.1) is 0 Å². The SMILES string of the molecule is Nc1nc2[nH]cc(CCc3ccc(C(=O)N[C@@H](CCC=O)OC=O)cc3)c2c(=O)[nH]1. The second kappa shape index (κ2) is 9.50. The zero-order valence-corrected chi connectivity index (χ0v) is 16.0. The van der Waals surface area contributed by atoms with E-state index in [9.17, 15) is 19.2 Å². The number of anilines is 1. The van der Waals surface area contributed by atoms with E-state index in [1.165, 1.54) is 0 Å². The van der Waals surface area contributed by atoms with Crippen LogP contribution in [0, 0.1) is 0 Å². The number of aromatic nitrogens is 3. The van der Waals surface area contributed by atoms with Crippen LogP contribution in [0.1, 0.15) is 34.3 Å². The maximum absolute atomic E-state index is 12.3. The van der Waals surface area contributed by atoms with Crippen LogP contribution in [0.3, 0.4) is 0 Å². The summed E-state index contributed by atoms with van der Waals surface area (Å²) in [5.41, 5.74) is 7.90. The van der Waals surface area contributed by atoms with E-state index in [0.29, 0.717) is 35.7 Å². The number of aryl methyl sites for hydroxylation is 2. The van der Waals surface area contributed by atoms with Crippen molar-refractivity contribution in [3.05, 3.63) is 57.5 Å². The van der Waals surface area contributed by atoms with Gasteiger partial charge < -0.3 is 25.6 Å². The molecule has 3 rings (SSSR count). The van der Waals surface area contributed by atoms with Crippen molar-refractivity contribution in [2.45, 2.75) is 31.9 Å². The van der Waals surface area contributed by atoms with Gasteiger partial charge in [0.25, 0.3) is 17.9 Å². The number of hydrogen-bond donors (Lipinski definition) is 4. The minimum atomic E-state index is -0.859. The first-order valence-electron chi connectivity index (χ1n) is 9.30. The van der Waals surface area contributed by atoms with Gasteiger partial charge in [-0.25, -0.2) is 0 Å². The first-order valence-corrected chi connectivity index (χ1v) is 9.30. The smallest absolute Gasteiger partial charge is 0.295 e. The number of hydrogen-bond acceptors (Lipinski definition) is 7. The van der Waals surface area contributed by atoms with Crippen molar-refractivity contribution in [1.82, 2.24) is 20.3 Å². The number of nitrogens with one attached hydrogen (secondary N) is 3. The molecule has 10 nitrogen and oxygen atoms in total. The molecule has 0 unspecified atom stereocenters. The number of rotatable bonds is 10. The standard InChI is InChI=1S/C20H21N5O5/c21-20-24-17-16(19(29)25-20)14(10-22-17)8-5-12-3-6-13(7-4-12)18(28)23-15(30-11-27)2-1-9-26/h3-4,6-7,9-11,15H,1-2,5,8H2,(H,23,28)(H4,21,22,24,25,29)/t15-/m1/s1. The Bertz CT molecular complexity index is 1100. The van der Waals surface area contributed by atoms with Gasteiger partial charge in [-0.05, 0) is 36.1 Å². The number of nitrogen functional groups attached to an aromatic ring is 1. The van der Waals surface area contributed by atoms with E-state index in [2.05, 4.69) is 20.3 Å². The molecule has 0 bridgehead atoms. The summed E-state index contributed by atoms with van der Waals surface area (Å²) in [6, 6.07) is 6.94. The normalized spacial score (nSPS) is 11.7. The molecule has 1 amide bonds. The molecule has 0 fully saturated rings. The predicted octanol–water partition coefficient (Wildman–Crippen LogP) is 0.827. The second-order valence-electron chi connectivity index (χ2n) is 6.62. The average Bonchev–Trinajstić information content (AvgIpc) is 3.14. The number of aromatic amines is 2. The fourth-order valence-corrected chi connectivity index (χ4v) is 3.11. The van der Waals surface area contributed by atoms with Crippen molar-refractivity contribution in [2.75, 3.05) is 5.73 Å². The van der Waals surface area contributed by atoms with Gasteiger partial charge in [0.2, 0.25) is 5.95 Å². The Labute approximate surface area is 170 Å². The maximum Gasteiger partial charge on any atom is 0.295 e. The Morgan fingerprint density at radius 1 is 1.23 bits per heavy atom. The molecule has 5 N–H and O–H groups in total. The molecule has 2 heterocycles. The van der Waals surface area contributed by atoms with Crippen LogP contribution < -0.4 is 16.6 Å². The molecule has 1 atom stereocenters. The number of benzene rings is 1. The molecule has 0 saturated heterocycles. The Hall–Kier alpha value is -3.95. The zero-order chi connectivity index (χ0) is 21.5. The number of aldehydes is 1. The number of ether oxygens (including phenoxy) is 1. The minimum Gasteiger partial charge on any atom is -0.444 e. The zero-order valence-electron chi connectivity index (χ0n) is 16.0. The van der Waals surface area contributed by atoms with Crippen molar-refractivity contribution in [3.63, 3.8) is 0 Å². The lowest BCUT2D eigenvalue weighted by Crippen LogP contribution is -2.36. The summed E-state index contributed by atoms with van der Waals surface area (Å²) in [6.07, 6.45) is 3.18. The number of amides is 1. The lowest BCUT2D eigenvalue weighted by Gasteiger charge is -2.15. The first-order chi connectivity index (χ1) is 14.5. The first kappa shape index (κ1) is 20.8. The van der Waals surface area contributed by atoms with Crippen LogP contribution in [0.4, 0.5) is 5.95 Å². The van der Waals surface area contributed by atoms with E-state index in [-0.39, 0.29) is 30.8 Å². The third-order valence-electron chi connectivity index (χ3n) is 4.60. The molecular formula is C20H21N5O5. The van der Waals surface area contributed by atoms with Crippen LogP contribution in [-0.2, 0) is 27.2 Å². The molecule has 3 aromatic rings. The molecule has 0 saturated carbocycles. The Kier molecular flexibility index (Phi) is 6.58. The fourth-order valence-electron chi connectivity index (χ4n) is 3.11. The van der Waals surface area contributed by atoms with Gasteiger partial charge in [0.15, 0.2) is 6.23 Å². The van der Waals surface area contributed by atoms with Gasteiger partial charge in [-0.2, -0.15) is 4.98 Å². The van der Waals surface area contributed by atoms with Gasteiger partial charge in [-0.3, -0.25) is 19.4 Å². The molecule has 10 heteroatoms. The van der Waals surface area contributed by atoms with E-state index >= 15 is 0 Å². The van der Waals surface area contributed by atoms with Gasteiger partial charge in [0, 0.05) is 24.6 Å². The molecule has 1 aromatic carbocycles. The maximum atomic E-state index is 12.3. The Balaban J connectivity index is 1.63. The van der Waals surface area contributed by atoms with E-state index in [1.54, 1.807) is 18.3 Å². The van der Waals surface area contributed by atoms with Gasteiger partial charge >= 0.3 is 0 Å². The van der Waals surface area contributed by atoms with Crippen LogP contribution >= 0.6 is 0 Å². The minimum absolute atomic E-state index is 0.0571. The number of nitrogens with zero attached hydrogens (tertiary/aromatic N) is 1. The summed E-state index contributed by atoms with van der Waals surface area (Å²) in [5.74, 6) is -0.354. The highest BCUT2D eigenvalue weighted by Crippen LogP contribution is 2.16. The monoisotopic (exact) mass is 411 g/mol. The quantitative estimate of drug-likeness (QED) is 0.284. The van der Waals surface area contributed by atoms with Crippen LogP contribution in [-0.4, -0.2) is 39.8 Å². The number of carbonyl (C=O) groups excluding carboxylic acids is 3. The van der Waals surface area contributed by atoms with Crippen molar-refractivity contribution in [1.29, 1.82) is 0 Å². The molecule has 0 aliphatic rings. The van der Waals surface area contributed by atoms with Crippen LogP contribution in [0.2, 0.25) is 0 Å². The summed E-state index contributed by atoms with van der Waals surface area (Å²) in [6.45, 7) is 0.235. The van der Waals surface area contributed by atoms with Crippen LogP contribution in [0.5, 0.6) is 0 Å². The van der Waals surface area contributed by atoms with Crippen molar-refractivity contribution >= 4 is 35.6 Å². The molecule has 0 aliphatic carbocycles. The fraction of sp³-hybridized carbons (Fsp3) is 0.250. The average molecular weight is 411 g/mol. The highest BCUT2D eigenvalue weighted by atomic mass is 16.5. The number of H-pyrrole nitrogens is 2. The third-order valence-corrected chi connectivity index (χ3v) is 4.60. The molecule has 0 radical (unpaired) electrons. The summed E-state index contributed by atoms with van der Waals surface area (Å²) in [7, 11) is 0. The van der Waals surface area contributed by atoms with Crippen LogP contribution in [0.25, 0.3) is 11.0 Å². The lowest BCUT2D eigenvalue weighted by molar-refractivity contribution is -0.135. The molecule has 2 aromatic heterocycles. The molecular weight excluding hydrogens is 390 g/mol. The van der Waals surface area contributed by atoms with Crippen LogP contribution in [0.15, 0.2) is 35.3 Å². The highest BCUT2D eigenvalue weighted by molar-refractivity contribution is 5.94. The van der Waals surface area contributed by atoms with E-state index in [1.807, 2.05) is 12.1 Å². The summed E-state index contributed by atoms with van der Waals surface area (Å²) >= 11 is 0. The molecule has 0 spiro atoms. The largest absolute Gasteiger partial charge is 0.444 e. The molecule has 30 heavy (non-hydrogen) atoms.